The Morgan fingerprint density at radius 2 is 2.22 bits per heavy atom. The molecule has 0 aliphatic carbocycles. The van der Waals surface area contributed by atoms with Gasteiger partial charge in [0.25, 0.3) is 5.91 Å². The van der Waals surface area contributed by atoms with Crippen molar-refractivity contribution < 1.29 is 13.9 Å². The molecule has 0 saturated carbocycles. The van der Waals surface area contributed by atoms with E-state index in [4.69, 9.17) is 4.74 Å². The lowest BCUT2D eigenvalue weighted by atomic mass is 10.2. The Bertz CT molecular complexity index is 410. The first-order chi connectivity index (χ1) is 8.58. The Kier molecular flexibility index (Phi) is 5.58. The molecule has 0 fully saturated rings. The third-order valence-corrected chi connectivity index (χ3v) is 2.40. The third kappa shape index (κ3) is 4.00. The second-order valence-electron chi connectivity index (χ2n) is 3.95. The lowest BCUT2D eigenvalue weighted by Gasteiger charge is -2.15. The van der Waals surface area contributed by atoms with Gasteiger partial charge in [-0.05, 0) is 38.6 Å². The van der Waals surface area contributed by atoms with Crippen molar-refractivity contribution in [1.82, 2.24) is 10.6 Å². The van der Waals surface area contributed by atoms with Crippen LogP contribution < -0.4 is 15.4 Å². The summed E-state index contributed by atoms with van der Waals surface area (Å²) in [5.74, 6) is -0.622. The lowest BCUT2D eigenvalue weighted by Crippen LogP contribution is -2.36. The highest BCUT2D eigenvalue weighted by molar-refractivity contribution is 5.80. The molecule has 0 aliphatic heterocycles. The number of halogens is 1. The first-order valence-electron chi connectivity index (χ1n) is 5.95. The van der Waals surface area contributed by atoms with Crippen molar-refractivity contribution in [3.63, 3.8) is 0 Å². The highest BCUT2D eigenvalue weighted by atomic mass is 19.1. The van der Waals surface area contributed by atoms with Gasteiger partial charge in [-0.15, -0.1) is 0 Å². The molecule has 1 amide bonds. The summed E-state index contributed by atoms with van der Waals surface area (Å²) in [5, 5.41) is 5.56. The van der Waals surface area contributed by atoms with Gasteiger partial charge in [0.05, 0.1) is 0 Å². The van der Waals surface area contributed by atoms with Crippen molar-refractivity contribution in [2.75, 3.05) is 13.6 Å². The van der Waals surface area contributed by atoms with E-state index in [1.54, 1.807) is 20.0 Å². The van der Waals surface area contributed by atoms with Crippen molar-refractivity contribution >= 4 is 5.91 Å². The molecule has 18 heavy (non-hydrogen) atoms. The molecule has 1 rings (SSSR count). The Morgan fingerprint density at radius 1 is 1.50 bits per heavy atom. The summed E-state index contributed by atoms with van der Waals surface area (Å²) in [6.45, 7) is 4.52. The molecule has 1 unspecified atom stereocenters. The summed E-state index contributed by atoms with van der Waals surface area (Å²) in [6.07, 6.45) is -0.713. The molecule has 0 heterocycles. The van der Waals surface area contributed by atoms with Crippen LogP contribution in [0.25, 0.3) is 0 Å². The van der Waals surface area contributed by atoms with Crippen LogP contribution in [0.5, 0.6) is 5.75 Å². The third-order valence-electron chi connectivity index (χ3n) is 2.40. The van der Waals surface area contributed by atoms with E-state index in [1.165, 1.54) is 12.1 Å². The van der Waals surface area contributed by atoms with Gasteiger partial charge in [0.2, 0.25) is 0 Å². The maximum atomic E-state index is 13.7. The zero-order valence-corrected chi connectivity index (χ0v) is 10.9. The molecule has 0 bridgehead atoms. The highest BCUT2D eigenvalue weighted by Crippen LogP contribution is 2.19. The molecular weight excluding hydrogens is 235 g/mol. The first-order valence-corrected chi connectivity index (χ1v) is 5.95. The highest BCUT2D eigenvalue weighted by Gasteiger charge is 2.15. The van der Waals surface area contributed by atoms with Gasteiger partial charge >= 0.3 is 0 Å². The molecule has 1 atom stereocenters. The van der Waals surface area contributed by atoms with Crippen LogP contribution in [-0.2, 0) is 11.3 Å². The summed E-state index contributed by atoms with van der Waals surface area (Å²) in [6, 6.07) is 4.70. The fourth-order valence-corrected chi connectivity index (χ4v) is 1.52. The molecule has 1 aromatic carbocycles. The molecule has 2 N–H and O–H groups in total. The predicted octanol–water partition coefficient (Wildman–Crippen LogP) is 1.45. The molecule has 5 heteroatoms. The summed E-state index contributed by atoms with van der Waals surface area (Å²) >= 11 is 0. The predicted molar refractivity (Wildman–Crippen MR) is 67.9 cm³/mol. The van der Waals surface area contributed by atoms with Gasteiger partial charge < -0.3 is 15.4 Å². The average Bonchev–Trinajstić information content (AvgIpc) is 2.33. The van der Waals surface area contributed by atoms with Crippen molar-refractivity contribution in [3.05, 3.63) is 29.6 Å². The average molecular weight is 254 g/mol. The molecule has 0 spiro atoms. The van der Waals surface area contributed by atoms with Gasteiger partial charge in [-0.2, -0.15) is 0 Å². The zero-order chi connectivity index (χ0) is 13.5. The first kappa shape index (κ1) is 14.4. The second kappa shape index (κ2) is 6.96. The number of ether oxygens (including phenoxy) is 1. The Balaban J connectivity index is 2.70. The van der Waals surface area contributed by atoms with E-state index in [1.807, 2.05) is 6.92 Å². The minimum atomic E-state index is -0.713. The van der Waals surface area contributed by atoms with Crippen LogP contribution in [-0.4, -0.2) is 25.6 Å². The van der Waals surface area contributed by atoms with Crippen LogP contribution in [0.3, 0.4) is 0 Å². The number of likely N-dealkylation sites (N-methyl/N-ethyl adjacent to an activating group) is 1. The van der Waals surface area contributed by atoms with E-state index >= 15 is 0 Å². The number of amides is 1. The standard InChI is InChI=1S/C13H19FN2O2/c1-4-16-13(17)9(2)18-12-6-5-10(8-15-3)7-11(12)14/h5-7,9,15H,4,8H2,1-3H3,(H,16,17). The van der Waals surface area contributed by atoms with Gasteiger partial charge in [-0.3, -0.25) is 4.79 Å². The number of rotatable bonds is 6. The lowest BCUT2D eigenvalue weighted by molar-refractivity contribution is -0.127. The van der Waals surface area contributed by atoms with Gasteiger partial charge in [0.1, 0.15) is 0 Å². The molecule has 4 nitrogen and oxygen atoms in total. The van der Waals surface area contributed by atoms with Crippen LogP contribution in [0, 0.1) is 5.82 Å². The largest absolute Gasteiger partial charge is 0.478 e. The van der Waals surface area contributed by atoms with E-state index in [0.29, 0.717) is 13.1 Å². The summed E-state index contributed by atoms with van der Waals surface area (Å²) in [5.41, 5.74) is 0.827. The van der Waals surface area contributed by atoms with Crippen molar-refractivity contribution in [1.29, 1.82) is 0 Å². The van der Waals surface area contributed by atoms with Crippen LogP contribution in [0.15, 0.2) is 18.2 Å². The van der Waals surface area contributed by atoms with Gasteiger partial charge in [0.15, 0.2) is 17.7 Å². The topological polar surface area (TPSA) is 50.4 Å². The number of benzene rings is 1. The molecule has 0 aromatic heterocycles. The molecule has 100 valence electrons. The fourth-order valence-electron chi connectivity index (χ4n) is 1.52. The minimum absolute atomic E-state index is 0.0913. The Labute approximate surface area is 107 Å². The number of nitrogens with one attached hydrogen (secondary N) is 2. The van der Waals surface area contributed by atoms with Gasteiger partial charge in [-0.1, -0.05) is 6.07 Å². The number of hydrogen-bond acceptors (Lipinski definition) is 3. The van der Waals surface area contributed by atoms with Gasteiger partial charge in [-0.25, -0.2) is 4.39 Å². The van der Waals surface area contributed by atoms with Crippen molar-refractivity contribution in [2.45, 2.75) is 26.5 Å². The summed E-state index contributed by atoms with van der Waals surface area (Å²) in [7, 11) is 1.79. The maximum Gasteiger partial charge on any atom is 0.260 e. The quantitative estimate of drug-likeness (QED) is 0.808. The van der Waals surface area contributed by atoms with E-state index in [0.717, 1.165) is 5.56 Å². The Hall–Kier alpha value is -1.62. The SMILES string of the molecule is CCNC(=O)C(C)Oc1ccc(CNC)cc1F. The minimum Gasteiger partial charge on any atom is -0.478 e. The van der Waals surface area contributed by atoms with E-state index in [2.05, 4.69) is 10.6 Å². The van der Waals surface area contributed by atoms with Crippen molar-refractivity contribution in [3.8, 4) is 5.75 Å². The monoisotopic (exact) mass is 254 g/mol. The molecule has 1 aromatic rings. The van der Waals surface area contributed by atoms with E-state index in [9.17, 15) is 9.18 Å². The summed E-state index contributed by atoms with van der Waals surface area (Å²) < 4.78 is 19.0. The van der Waals surface area contributed by atoms with Crippen LogP contribution in [0.2, 0.25) is 0 Å². The maximum absolute atomic E-state index is 13.7. The van der Waals surface area contributed by atoms with Crippen LogP contribution in [0.1, 0.15) is 19.4 Å². The van der Waals surface area contributed by atoms with Crippen LogP contribution >= 0.6 is 0 Å². The fraction of sp³-hybridized carbons (Fsp3) is 0.462. The van der Waals surface area contributed by atoms with E-state index < -0.39 is 11.9 Å². The number of carbonyl (C=O) groups excluding carboxylic acids is 1. The summed E-state index contributed by atoms with van der Waals surface area (Å²) in [4.78, 5) is 11.5. The smallest absolute Gasteiger partial charge is 0.260 e. The van der Waals surface area contributed by atoms with Crippen molar-refractivity contribution in [2.24, 2.45) is 0 Å². The Morgan fingerprint density at radius 3 is 2.78 bits per heavy atom. The molecule has 0 aliphatic rings. The second-order valence-corrected chi connectivity index (χ2v) is 3.95. The van der Waals surface area contributed by atoms with E-state index in [-0.39, 0.29) is 11.7 Å². The number of hydrogen-bond donors (Lipinski definition) is 2. The number of carbonyl (C=O) groups is 1. The molecule has 0 saturated heterocycles. The zero-order valence-electron chi connectivity index (χ0n) is 10.9. The van der Waals surface area contributed by atoms with Crippen LogP contribution in [0.4, 0.5) is 4.39 Å². The molecule has 0 radical (unpaired) electrons. The molecular formula is C13H19FN2O2. The van der Waals surface area contributed by atoms with Gasteiger partial charge in [0, 0.05) is 13.1 Å². The normalized spacial score (nSPS) is 12.0.